The lowest BCUT2D eigenvalue weighted by Gasteiger charge is -2.35. The molecule has 1 aromatic carbocycles. The van der Waals surface area contributed by atoms with Crippen LogP contribution in [0.5, 0.6) is 0 Å². The number of aromatic nitrogens is 4. The standard InChI is InChI=1S/C21H28N6O/c1-16-24-19-14-17(7-8-20(19)25(16)2)15-22-21(28)27-12-4-3-6-18(27)9-13-26-11-5-10-23-26/h5,7-8,10-11,14,18H,3-4,6,9,12-13,15H2,1-2H3,(H,22,28)/t18-/m0/s1. The van der Waals surface area contributed by atoms with E-state index in [1.807, 2.05) is 35.8 Å². The zero-order chi connectivity index (χ0) is 19.5. The molecule has 3 heterocycles. The van der Waals surface area contributed by atoms with E-state index in [0.29, 0.717) is 6.54 Å². The number of carbonyl (C=O) groups excluding carboxylic acids is 1. The summed E-state index contributed by atoms with van der Waals surface area (Å²) in [7, 11) is 2.02. The molecule has 1 fully saturated rings. The maximum atomic E-state index is 12.8. The van der Waals surface area contributed by atoms with Gasteiger partial charge >= 0.3 is 6.03 Å². The van der Waals surface area contributed by atoms with Gasteiger partial charge in [0.25, 0.3) is 0 Å². The van der Waals surface area contributed by atoms with E-state index in [1.165, 1.54) is 6.42 Å². The van der Waals surface area contributed by atoms with Crippen molar-refractivity contribution in [1.29, 1.82) is 0 Å². The lowest BCUT2D eigenvalue weighted by atomic mass is 10.00. The van der Waals surface area contributed by atoms with Gasteiger partial charge in [0.2, 0.25) is 0 Å². The minimum atomic E-state index is 0.0301. The highest BCUT2D eigenvalue weighted by Gasteiger charge is 2.26. The van der Waals surface area contributed by atoms with Crippen LogP contribution in [0.3, 0.4) is 0 Å². The zero-order valence-corrected chi connectivity index (χ0v) is 16.6. The molecular weight excluding hydrogens is 352 g/mol. The number of carbonyl (C=O) groups is 1. The number of fused-ring (bicyclic) bond motifs is 1. The number of piperidine rings is 1. The highest BCUT2D eigenvalue weighted by atomic mass is 16.2. The molecule has 0 aliphatic carbocycles. The first-order valence-electron chi connectivity index (χ1n) is 10.1. The Bertz CT molecular complexity index is 945. The molecule has 0 bridgehead atoms. The second-order valence-corrected chi connectivity index (χ2v) is 7.60. The lowest BCUT2D eigenvalue weighted by Crippen LogP contribution is -2.48. The SMILES string of the molecule is Cc1nc2cc(CNC(=O)N3CCCC[C@H]3CCn3cccn3)ccc2n1C. The number of benzene rings is 1. The third kappa shape index (κ3) is 3.88. The fourth-order valence-corrected chi connectivity index (χ4v) is 4.04. The molecule has 1 aliphatic rings. The Hall–Kier alpha value is -2.83. The van der Waals surface area contributed by atoms with Crippen LogP contribution in [0.2, 0.25) is 0 Å². The summed E-state index contributed by atoms with van der Waals surface area (Å²) < 4.78 is 4.02. The summed E-state index contributed by atoms with van der Waals surface area (Å²) in [5, 5.41) is 7.38. The maximum absolute atomic E-state index is 12.8. The molecular formula is C21H28N6O. The van der Waals surface area contributed by atoms with Crippen LogP contribution < -0.4 is 5.32 Å². The molecule has 0 unspecified atom stereocenters. The monoisotopic (exact) mass is 380 g/mol. The van der Waals surface area contributed by atoms with E-state index in [-0.39, 0.29) is 12.1 Å². The number of amides is 2. The summed E-state index contributed by atoms with van der Waals surface area (Å²) in [4.78, 5) is 19.4. The Morgan fingerprint density at radius 2 is 2.21 bits per heavy atom. The average molecular weight is 380 g/mol. The number of likely N-dealkylation sites (tertiary alicyclic amines) is 1. The third-order valence-electron chi connectivity index (χ3n) is 5.75. The number of nitrogens with zero attached hydrogens (tertiary/aromatic N) is 5. The summed E-state index contributed by atoms with van der Waals surface area (Å²) in [5.74, 6) is 0.990. The summed E-state index contributed by atoms with van der Waals surface area (Å²) >= 11 is 0. The number of hydrogen-bond acceptors (Lipinski definition) is 3. The number of hydrogen-bond donors (Lipinski definition) is 1. The Morgan fingerprint density at radius 3 is 3.04 bits per heavy atom. The van der Waals surface area contributed by atoms with Gasteiger partial charge in [0.15, 0.2) is 0 Å². The second kappa shape index (κ2) is 8.04. The van der Waals surface area contributed by atoms with E-state index in [0.717, 1.165) is 54.8 Å². The first-order valence-corrected chi connectivity index (χ1v) is 10.1. The summed E-state index contributed by atoms with van der Waals surface area (Å²) in [6, 6.07) is 8.44. The van der Waals surface area contributed by atoms with E-state index in [1.54, 1.807) is 6.20 Å². The normalized spacial score (nSPS) is 17.2. The molecule has 0 radical (unpaired) electrons. The number of urea groups is 1. The molecule has 2 aromatic heterocycles. The van der Waals surface area contributed by atoms with Crippen LogP contribution in [-0.2, 0) is 20.1 Å². The number of aryl methyl sites for hydroxylation is 3. The summed E-state index contributed by atoms with van der Waals surface area (Å²) in [6.07, 6.45) is 8.03. The van der Waals surface area contributed by atoms with Crippen molar-refractivity contribution < 1.29 is 4.79 Å². The molecule has 1 aliphatic heterocycles. The molecule has 7 nitrogen and oxygen atoms in total. The topological polar surface area (TPSA) is 68.0 Å². The average Bonchev–Trinajstić information content (AvgIpc) is 3.33. The number of imidazole rings is 1. The maximum Gasteiger partial charge on any atom is 0.317 e. The smallest absolute Gasteiger partial charge is 0.317 e. The molecule has 148 valence electrons. The van der Waals surface area contributed by atoms with Crippen molar-refractivity contribution in [2.24, 2.45) is 7.05 Å². The first kappa shape index (κ1) is 18.5. The van der Waals surface area contributed by atoms with Crippen molar-refractivity contribution in [3.63, 3.8) is 0 Å². The van der Waals surface area contributed by atoms with Crippen LogP contribution >= 0.6 is 0 Å². The lowest BCUT2D eigenvalue weighted by molar-refractivity contribution is 0.143. The predicted molar refractivity (Wildman–Crippen MR) is 109 cm³/mol. The van der Waals surface area contributed by atoms with Crippen molar-refractivity contribution >= 4 is 17.1 Å². The van der Waals surface area contributed by atoms with Gasteiger partial charge in [0.05, 0.1) is 11.0 Å². The van der Waals surface area contributed by atoms with Crippen LogP contribution in [0.4, 0.5) is 4.79 Å². The van der Waals surface area contributed by atoms with Gasteiger partial charge in [-0.05, 0) is 56.4 Å². The predicted octanol–water partition coefficient (Wildman–Crippen LogP) is 3.23. The van der Waals surface area contributed by atoms with Crippen molar-refractivity contribution in [2.45, 2.75) is 51.7 Å². The van der Waals surface area contributed by atoms with E-state index >= 15 is 0 Å². The Balaban J connectivity index is 1.37. The molecule has 4 rings (SSSR count). The van der Waals surface area contributed by atoms with Crippen LogP contribution in [0.15, 0.2) is 36.7 Å². The quantitative estimate of drug-likeness (QED) is 0.739. The van der Waals surface area contributed by atoms with Gasteiger partial charge in [-0.3, -0.25) is 4.68 Å². The summed E-state index contributed by atoms with van der Waals surface area (Å²) in [5.41, 5.74) is 3.16. The zero-order valence-electron chi connectivity index (χ0n) is 16.6. The Kier molecular flexibility index (Phi) is 5.32. The molecule has 2 amide bonds. The van der Waals surface area contributed by atoms with Crippen LogP contribution in [0.25, 0.3) is 11.0 Å². The van der Waals surface area contributed by atoms with E-state index in [9.17, 15) is 4.79 Å². The minimum Gasteiger partial charge on any atom is -0.334 e. The highest BCUT2D eigenvalue weighted by molar-refractivity contribution is 5.77. The van der Waals surface area contributed by atoms with Crippen LogP contribution in [0, 0.1) is 6.92 Å². The van der Waals surface area contributed by atoms with Crippen LogP contribution in [-0.4, -0.2) is 42.8 Å². The molecule has 1 N–H and O–H groups in total. The van der Waals surface area contributed by atoms with E-state index in [4.69, 9.17) is 0 Å². The van der Waals surface area contributed by atoms with Crippen molar-refractivity contribution in [3.8, 4) is 0 Å². The minimum absolute atomic E-state index is 0.0301. The van der Waals surface area contributed by atoms with Gasteiger partial charge in [0, 0.05) is 45.1 Å². The Labute approximate surface area is 165 Å². The first-order chi connectivity index (χ1) is 13.6. The molecule has 0 spiro atoms. The molecule has 28 heavy (non-hydrogen) atoms. The van der Waals surface area contributed by atoms with Gasteiger partial charge < -0.3 is 14.8 Å². The van der Waals surface area contributed by atoms with Gasteiger partial charge in [-0.2, -0.15) is 5.10 Å². The van der Waals surface area contributed by atoms with Crippen molar-refractivity contribution in [1.82, 2.24) is 29.5 Å². The van der Waals surface area contributed by atoms with Crippen molar-refractivity contribution in [3.05, 3.63) is 48.0 Å². The summed E-state index contributed by atoms with van der Waals surface area (Å²) in [6.45, 7) is 4.19. The molecule has 7 heteroatoms. The fraction of sp³-hybridized carbons (Fsp3) is 0.476. The van der Waals surface area contributed by atoms with Gasteiger partial charge in [0.1, 0.15) is 5.82 Å². The van der Waals surface area contributed by atoms with Gasteiger partial charge in [-0.25, -0.2) is 9.78 Å². The largest absolute Gasteiger partial charge is 0.334 e. The van der Waals surface area contributed by atoms with Crippen LogP contribution in [0.1, 0.15) is 37.1 Å². The van der Waals surface area contributed by atoms with Gasteiger partial charge in [-0.1, -0.05) is 6.07 Å². The number of nitrogens with one attached hydrogen (secondary N) is 1. The third-order valence-corrected chi connectivity index (χ3v) is 5.75. The fourth-order valence-electron chi connectivity index (χ4n) is 4.04. The molecule has 1 atom stereocenters. The van der Waals surface area contributed by atoms with E-state index < -0.39 is 0 Å². The van der Waals surface area contributed by atoms with E-state index in [2.05, 4.69) is 38.2 Å². The van der Waals surface area contributed by atoms with Crippen molar-refractivity contribution in [2.75, 3.05) is 6.54 Å². The molecule has 1 saturated heterocycles. The van der Waals surface area contributed by atoms with Gasteiger partial charge in [-0.15, -0.1) is 0 Å². The second-order valence-electron chi connectivity index (χ2n) is 7.60. The highest BCUT2D eigenvalue weighted by Crippen LogP contribution is 2.21. The molecule has 3 aromatic rings. The molecule has 0 saturated carbocycles. The Morgan fingerprint density at radius 1 is 1.32 bits per heavy atom. The number of rotatable bonds is 5.